The van der Waals surface area contributed by atoms with Crippen LogP contribution in [0.4, 0.5) is 46.5 Å². The first-order chi connectivity index (χ1) is 70.4. The monoisotopic (exact) mass is 2160 g/mol. The SMILES string of the molecule is CC(C)OCCCCS(=O)(=O)c1cccc(C(=O)N2CCC3(CC2)CN=C(NC(=O)c2nc(Cl)c(N)nc2N)N3)c1.Cc1ccc(S(=O)(=O)N[C@@H](Cc2ccccc2)C(=O)N2CCC3(CC2)CN=C(NC(=O)c2nc(Cl)c(N)nc2N)N3)cc1.Nc1nc(N)c(C(=O)NC2=NCC3(CCN(C(=O)c4cn(S(=O)(=O)c5ccccc5)c5ccccc45)CC3)N2)nc1Cl.Nc1nc(N)c(C(=O)NC2=NCC3(CCNCC3)N2)nc1Cl. The third-order valence-corrected chi connectivity index (χ3v) is 31.9. The van der Waals surface area contributed by atoms with E-state index in [9.17, 15) is 58.8 Å². The number of piperidine rings is 4. The predicted octanol–water partition coefficient (Wildman–Crippen LogP) is 3.84. The molecule has 8 aliphatic heterocycles. The molecule has 18 rings (SSSR count). The molecular weight excluding hydrogens is 2060 g/mol. The molecule has 10 aromatic rings. The number of hydrogen-bond acceptors (Lipinski definition) is 39. The number of unbranched alkanes of at least 4 members (excludes halogenated alkanes) is 1. The van der Waals surface area contributed by atoms with E-state index in [1.807, 2.05) is 51.1 Å². The summed E-state index contributed by atoms with van der Waals surface area (Å²) in [5, 5.41) is 27.0. The standard InChI is InChI=1S/C28H32ClN9O4S.C27H26ClN9O4S.C26H35ClN8O5S.C12H17ClN8O/c1-17-7-9-19(10-8-17)43(41,42)37-20(15-18-5-3-2-4-6-18)26(40)38-13-11-28(12-14-38)16-32-27(36-28)35-25(39)21-23(30)34-24(31)22(29)33-21;28-21-23(30)33-22(29)20(32-21)24(38)34-26-31-15-27(35-26)10-12-36(13-11-27)25(39)18-14-37(19-9-5-4-8-17(18)19)42(40,41)16-6-2-1-3-7-16;1-16(2)40-12-3-4-13-41(38,39)18-7-5-6-17(14-18)24(37)35-10-8-26(9-11-35)15-30-25(34-26)33-23(36)19-21(28)32-22(29)20(27)31-19;13-7-9(15)19-8(14)6(18-7)10(22)20-11-17-5-12(21-11)1-3-16-4-2-12/h2-10,20,37H,11-16H2,1H3,(H4,30,31,34)(H2,32,35,36,39);1-9,14H,10-13,15H2,(H4,29,30,33)(H2,31,34,35,38);5-7,14,16H,3-4,8-13,15H2,1-2H3,(H4,28,29,32)(H2,30,33,34,36);16H,1-5H2,(H4,14,15,19)(H2,17,20,21,22)/t20-;;;/m0.../s1. The van der Waals surface area contributed by atoms with Crippen molar-refractivity contribution in [3.8, 4) is 0 Å². The van der Waals surface area contributed by atoms with Gasteiger partial charge in [-0.2, -0.15) is 4.72 Å². The van der Waals surface area contributed by atoms with Gasteiger partial charge in [0.05, 0.1) is 86.0 Å². The first kappa shape index (κ1) is 108. The zero-order chi connectivity index (χ0) is 106. The number of fused-ring (bicyclic) bond motifs is 1. The number of para-hydroxylation sites is 1. The van der Waals surface area contributed by atoms with Crippen LogP contribution in [0.2, 0.25) is 20.6 Å². The van der Waals surface area contributed by atoms with Gasteiger partial charge in [0, 0.05) is 63.0 Å². The maximum absolute atomic E-state index is 13.8. The number of carbonyl (C=O) groups is 7. The summed E-state index contributed by atoms with van der Waals surface area (Å²) in [7, 11) is -11.4. The Labute approximate surface area is 870 Å². The van der Waals surface area contributed by atoms with Gasteiger partial charge in [-0.25, -0.2) is 69.1 Å². The van der Waals surface area contributed by atoms with E-state index in [2.05, 4.69) is 112 Å². The fraction of sp³-hybridized carbons (Fsp3) is 0.366. The molecule has 782 valence electrons. The normalized spacial score (nSPS) is 17.0. The van der Waals surface area contributed by atoms with Gasteiger partial charge in [0.15, 0.2) is 124 Å². The molecule has 1 atom stereocenters. The van der Waals surface area contributed by atoms with Gasteiger partial charge < -0.3 is 91.9 Å². The number of nitrogens with one attached hydrogen (secondary N) is 10. The van der Waals surface area contributed by atoms with E-state index >= 15 is 0 Å². The molecule has 0 aliphatic carbocycles. The number of aliphatic imine (C=N–C) groups is 4. The molecule has 55 heteroatoms. The topological polar surface area (TPSA) is 727 Å². The van der Waals surface area contributed by atoms with Crippen LogP contribution in [0.15, 0.2) is 174 Å². The second-order valence-corrected chi connectivity index (χ2v) is 43.7. The number of nitrogens with zero attached hydrogens (tertiary/aromatic N) is 16. The number of nitrogen functional groups attached to an aromatic ring is 8. The van der Waals surface area contributed by atoms with Crippen LogP contribution in [0.5, 0.6) is 0 Å². The highest BCUT2D eigenvalue weighted by molar-refractivity contribution is 7.91. The molecule has 5 aromatic carbocycles. The van der Waals surface area contributed by atoms with Crippen LogP contribution < -0.4 is 98.4 Å². The van der Waals surface area contributed by atoms with Gasteiger partial charge in [-0.15, -0.1) is 0 Å². The van der Waals surface area contributed by atoms with Crippen LogP contribution in [0, 0.1) is 6.92 Å². The first-order valence-corrected chi connectivity index (χ1v) is 53.0. The van der Waals surface area contributed by atoms with Crippen molar-refractivity contribution >= 4 is 199 Å². The lowest BCUT2D eigenvalue weighted by Crippen LogP contribution is -2.59. The van der Waals surface area contributed by atoms with Crippen molar-refractivity contribution in [3.05, 3.63) is 205 Å². The number of ether oxygens (including phenoxy) is 1. The molecule has 26 N–H and O–H groups in total. The molecule has 0 radical (unpaired) electrons. The van der Waals surface area contributed by atoms with E-state index in [1.165, 1.54) is 46.6 Å². The highest BCUT2D eigenvalue weighted by atomic mass is 35.5. The summed E-state index contributed by atoms with van der Waals surface area (Å²) in [6, 6.07) is 36.0. The number of sulfone groups is 1. The van der Waals surface area contributed by atoms with E-state index in [0.717, 1.165) is 37.1 Å². The quantitative estimate of drug-likeness (QED) is 0.0454. The van der Waals surface area contributed by atoms with Crippen molar-refractivity contribution in [2.45, 2.75) is 140 Å². The van der Waals surface area contributed by atoms with Crippen molar-refractivity contribution in [3.63, 3.8) is 0 Å². The summed E-state index contributed by atoms with van der Waals surface area (Å²) in [6.07, 6.45) is 8.05. The summed E-state index contributed by atoms with van der Waals surface area (Å²) in [4.78, 5) is 145. The number of hydrogen-bond donors (Lipinski definition) is 18. The summed E-state index contributed by atoms with van der Waals surface area (Å²) in [5.74, 6) is -2.88. The summed E-state index contributed by atoms with van der Waals surface area (Å²) >= 11 is 23.4. The molecule has 8 aliphatic rings. The Bertz CT molecular complexity index is 7250. The molecule has 0 saturated carbocycles. The lowest BCUT2D eigenvalue weighted by molar-refractivity contribution is -0.134. The van der Waals surface area contributed by atoms with Crippen LogP contribution >= 0.6 is 46.4 Å². The summed E-state index contributed by atoms with van der Waals surface area (Å²) in [6.45, 7) is 12.3. The minimum absolute atomic E-state index is 0.00654. The molecule has 4 fully saturated rings. The number of nitrogens with two attached hydrogens (primary N) is 8. The number of anilines is 8. The molecule has 0 bridgehead atoms. The molecular formula is C93H110Cl4N34O14S3. The largest absolute Gasteiger partial charge is 0.382 e. The van der Waals surface area contributed by atoms with Gasteiger partial charge in [-0.05, 0) is 159 Å². The van der Waals surface area contributed by atoms with E-state index < -0.39 is 76.2 Å². The first-order valence-electron chi connectivity index (χ1n) is 46.9. The van der Waals surface area contributed by atoms with E-state index in [4.69, 9.17) is 97.0 Å². The van der Waals surface area contributed by atoms with Gasteiger partial charge in [0.25, 0.3) is 45.5 Å². The molecule has 7 amide bonds. The average Bonchev–Trinajstić information content (AvgIpc) is 1.59. The van der Waals surface area contributed by atoms with Crippen LogP contribution in [0.1, 0.15) is 152 Å². The van der Waals surface area contributed by atoms with Gasteiger partial charge >= 0.3 is 0 Å². The molecule has 13 heterocycles. The van der Waals surface area contributed by atoms with Crippen LogP contribution in [0.3, 0.4) is 0 Å². The fourth-order valence-corrected chi connectivity index (χ4v) is 22.0. The number of carbonyl (C=O) groups excluding carboxylic acids is 7. The highest BCUT2D eigenvalue weighted by Gasteiger charge is 2.46. The Kier molecular flexibility index (Phi) is 33.0. The number of benzene rings is 5. The van der Waals surface area contributed by atoms with E-state index in [0.29, 0.717) is 151 Å². The Morgan fingerprint density at radius 3 is 1.24 bits per heavy atom. The second kappa shape index (κ2) is 45.4. The van der Waals surface area contributed by atoms with Crippen molar-refractivity contribution in [2.75, 3.05) is 137 Å². The van der Waals surface area contributed by atoms with E-state index in [1.54, 1.807) is 81.4 Å². The lowest BCUT2D eigenvalue weighted by atomic mass is 9.88. The molecule has 5 aromatic heterocycles. The third kappa shape index (κ3) is 25.4. The van der Waals surface area contributed by atoms with Crippen LogP contribution in [-0.4, -0.2) is 274 Å². The fourth-order valence-electron chi connectivity index (χ4n) is 17.5. The summed E-state index contributed by atoms with van der Waals surface area (Å²) in [5.41, 5.74) is 46.0. The molecule has 4 spiro atoms. The number of sulfonamides is 1. The van der Waals surface area contributed by atoms with Gasteiger partial charge in [-0.1, -0.05) is 137 Å². The maximum Gasteiger partial charge on any atom is 0.280 e. The number of rotatable bonds is 21. The number of likely N-dealkylation sites (tertiary alicyclic amines) is 3. The zero-order valence-electron chi connectivity index (χ0n) is 80.3. The van der Waals surface area contributed by atoms with Crippen LogP contribution in [-0.2, 0) is 45.8 Å². The van der Waals surface area contributed by atoms with Crippen molar-refractivity contribution in [1.29, 1.82) is 0 Å². The Morgan fingerprint density at radius 1 is 0.432 bits per heavy atom. The van der Waals surface area contributed by atoms with Crippen molar-refractivity contribution < 1.29 is 63.6 Å². The number of amides is 7. The van der Waals surface area contributed by atoms with Crippen molar-refractivity contribution in [1.82, 2.24) is 111 Å². The smallest absolute Gasteiger partial charge is 0.280 e. The lowest BCUT2D eigenvalue weighted by Gasteiger charge is -2.40. The van der Waals surface area contributed by atoms with Gasteiger partial charge in [-0.3, -0.25) is 74.8 Å². The number of aromatic nitrogens is 9. The minimum atomic E-state index is -3.95. The second-order valence-electron chi connectivity index (χ2n) is 36.6. The van der Waals surface area contributed by atoms with Crippen LogP contribution in [0.25, 0.3) is 10.9 Å². The Hall–Kier alpha value is -14.6. The zero-order valence-corrected chi connectivity index (χ0v) is 85.8. The molecule has 48 nitrogen and oxygen atoms in total. The third-order valence-electron chi connectivity index (χ3n) is 25.8. The number of halogens is 4. The molecule has 148 heavy (non-hydrogen) atoms. The minimum Gasteiger partial charge on any atom is -0.382 e. The Balaban J connectivity index is 0.000000151. The molecule has 4 saturated heterocycles. The molecule has 0 unspecified atom stereocenters. The van der Waals surface area contributed by atoms with Gasteiger partial charge in [0.2, 0.25) is 15.9 Å². The number of aryl methyl sites for hydroxylation is 1. The highest BCUT2D eigenvalue weighted by Crippen LogP contribution is 2.35. The van der Waals surface area contributed by atoms with Crippen molar-refractivity contribution in [2.24, 2.45) is 20.0 Å². The number of guanidine groups is 4. The Morgan fingerprint density at radius 2 is 0.818 bits per heavy atom. The summed E-state index contributed by atoms with van der Waals surface area (Å²) < 4.78 is 88.4. The average molecular weight is 2170 g/mol. The van der Waals surface area contributed by atoms with E-state index in [-0.39, 0.29) is 164 Å². The van der Waals surface area contributed by atoms with Gasteiger partial charge in [0.1, 0.15) is 6.04 Å². The predicted molar refractivity (Wildman–Crippen MR) is 559 cm³/mol. The maximum atomic E-state index is 13.8.